The van der Waals surface area contributed by atoms with Gasteiger partial charge in [-0.15, -0.1) is 0 Å². The summed E-state index contributed by atoms with van der Waals surface area (Å²) in [7, 11) is 0. The van der Waals surface area contributed by atoms with Gasteiger partial charge in [-0.25, -0.2) is 0 Å². The SMILES string of the molecule is CC(C)CCOc1cccc(NC(=O)COc2ccc(Cl)cc2Cl)c1. The minimum Gasteiger partial charge on any atom is -0.494 e. The Labute approximate surface area is 158 Å². The molecule has 2 aromatic rings. The Hall–Kier alpha value is -1.91. The van der Waals surface area contributed by atoms with E-state index in [0.717, 1.165) is 12.2 Å². The monoisotopic (exact) mass is 381 g/mol. The van der Waals surface area contributed by atoms with Crippen molar-refractivity contribution in [2.75, 3.05) is 18.5 Å². The minimum absolute atomic E-state index is 0.153. The standard InChI is InChI=1S/C19H21Cl2NO3/c1-13(2)8-9-24-16-5-3-4-15(11-16)22-19(23)12-25-18-7-6-14(20)10-17(18)21/h3-7,10-11,13H,8-9,12H2,1-2H3,(H,22,23). The first-order valence-electron chi connectivity index (χ1n) is 8.04. The second-order valence-electron chi connectivity index (χ2n) is 5.97. The molecule has 2 aromatic carbocycles. The Kier molecular flexibility index (Phi) is 7.41. The molecular weight excluding hydrogens is 361 g/mol. The van der Waals surface area contributed by atoms with Crippen molar-refractivity contribution in [1.29, 1.82) is 0 Å². The molecule has 0 heterocycles. The van der Waals surface area contributed by atoms with Crippen LogP contribution in [0.2, 0.25) is 10.0 Å². The first-order valence-corrected chi connectivity index (χ1v) is 8.80. The van der Waals surface area contributed by atoms with E-state index >= 15 is 0 Å². The van der Waals surface area contributed by atoms with E-state index in [4.69, 9.17) is 32.7 Å². The van der Waals surface area contributed by atoms with Gasteiger partial charge in [0.15, 0.2) is 6.61 Å². The van der Waals surface area contributed by atoms with Gasteiger partial charge in [-0.3, -0.25) is 4.79 Å². The normalized spacial score (nSPS) is 10.6. The van der Waals surface area contributed by atoms with Crippen LogP contribution in [0.25, 0.3) is 0 Å². The van der Waals surface area contributed by atoms with Crippen molar-refractivity contribution in [3.05, 3.63) is 52.5 Å². The molecule has 0 fully saturated rings. The maximum atomic E-state index is 12.0. The second kappa shape index (κ2) is 9.54. The topological polar surface area (TPSA) is 47.6 Å². The molecule has 0 spiro atoms. The number of anilines is 1. The summed E-state index contributed by atoms with van der Waals surface area (Å²) >= 11 is 11.8. The Balaban J connectivity index is 1.85. The lowest BCUT2D eigenvalue weighted by molar-refractivity contribution is -0.118. The average Bonchev–Trinajstić information content (AvgIpc) is 2.54. The van der Waals surface area contributed by atoms with Crippen LogP contribution >= 0.6 is 23.2 Å². The fraction of sp³-hybridized carbons (Fsp3) is 0.316. The van der Waals surface area contributed by atoms with Crippen LogP contribution in [0.5, 0.6) is 11.5 Å². The lowest BCUT2D eigenvalue weighted by Crippen LogP contribution is -2.20. The molecule has 134 valence electrons. The number of carbonyl (C=O) groups is 1. The summed E-state index contributed by atoms with van der Waals surface area (Å²) in [6.45, 7) is 4.78. The fourth-order valence-corrected chi connectivity index (χ4v) is 2.47. The predicted molar refractivity (Wildman–Crippen MR) is 102 cm³/mol. The Morgan fingerprint density at radius 1 is 1.12 bits per heavy atom. The van der Waals surface area contributed by atoms with Crippen molar-refractivity contribution >= 4 is 34.8 Å². The van der Waals surface area contributed by atoms with E-state index in [1.165, 1.54) is 0 Å². The van der Waals surface area contributed by atoms with Crippen LogP contribution in [0, 0.1) is 5.92 Å². The molecule has 4 nitrogen and oxygen atoms in total. The molecule has 0 aliphatic carbocycles. The lowest BCUT2D eigenvalue weighted by Gasteiger charge is -2.11. The molecule has 0 saturated heterocycles. The Morgan fingerprint density at radius 3 is 2.64 bits per heavy atom. The molecule has 0 atom stereocenters. The summed E-state index contributed by atoms with van der Waals surface area (Å²) in [5.41, 5.74) is 0.651. The maximum Gasteiger partial charge on any atom is 0.262 e. The minimum atomic E-state index is -0.287. The molecule has 0 unspecified atom stereocenters. The third kappa shape index (κ3) is 6.85. The molecule has 0 aromatic heterocycles. The van der Waals surface area contributed by atoms with E-state index in [1.807, 2.05) is 12.1 Å². The molecule has 1 N–H and O–H groups in total. The summed E-state index contributed by atoms with van der Waals surface area (Å²) in [6, 6.07) is 12.1. The molecule has 25 heavy (non-hydrogen) atoms. The zero-order valence-corrected chi connectivity index (χ0v) is 15.7. The van der Waals surface area contributed by atoms with E-state index in [0.29, 0.717) is 34.0 Å². The zero-order chi connectivity index (χ0) is 18.2. The molecule has 0 bridgehead atoms. The summed E-state index contributed by atoms with van der Waals surface area (Å²) < 4.78 is 11.1. The molecule has 0 saturated carbocycles. The Morgan fingerprint density at radius 2 is 1.92 bits per heavy atom. The van der Waals surface area contributed by atoms with Crippen LogP contribution < -0.4 is 14.8 Å². The second-order valence-corrected chi connectivity index (χ2v) is 6.81. The van der Waals surface area contributed by atoms with E-state index < -0.39 is 0 Å². The van der Waals surface area contributed by atoms with Crippen molar-refractivity contribution in [2.45, 2.75) is 20.3 Å². The van der Waals surface area contributed by atoms with Gasteiger partial charge in [0.2, 0.25) is 0 Å². The summed E-state index contributed by atoms with van der Waals surface area (Å²) in [6.07, 6.45) is 0.978. The van der Waals surface area contributed by atoms with Crippen LogP contribution in [0.1, 0.15) is 20.3 Å². The highest BCUT2D eigenvalue weighted by Crippen LogP contribution is 2.27. The van der Waals surface area contributed by atoms with Crippen molar-refractivity contribution < 1.29 is 14.3 Å². The zero-order valence-electron chi connectivity index (χ0n) is 14.2. The van der Waals surface area contributed by atoms with Crippen molar-refractivity contribution in [3.8, 4) is 11.5 Å². The van der Waals surface area contributed by atoms with Gasteiger partial charge >= 0.3 is 0 Å². The highest BCUT2D eigenvalue weighted by Gasteiger charge is 2.08. The molecule has 1 amide bonds. The quantitative estimate of drug-likeness (QED) is 0.662. The largest absolute Gasteiger partial charge is 0.494 e. The highest BCUT2D eigenvalue weighted by atomic mass is 35.5. The van der Waals surface area contributed by atoms with Gasteiger partial charge in [0.1, 0.15) is 11.5 Å². The third-order valence-corrected chi connectivity index (χ3v) is 3.86. The van der Waals surface area contributed by atoms with Gasteiger partial charge in [-0.05, 0) is 42.7 Å². The van der Waals surface area contributed by atoms with Crippen LogP contribution in [0.15, 0.2) is 42.5 Å². The lowest BCUT2D eigenvalue weighted by atomic mass is 10.1. The predicted octanol–water partition coefficient (Wildman–Crippen LogP) is 5.44. The van der Waals surface area contributed by atoms with E-state index in [9.17, 15) is 4.79 Å². The van der Waals surface area contributed by atoms with Gasteiger partial charge in [-0.2, -0.15) is 0 Å². The van der Waals surface area contributed by atoms with Gasteiger partial charge in [-0.1, -0.05) is 43.1 Å². The van der Waals surface area contributed by atoms with Crippen molar-refractivity contribution in [1.82, 2.24) is 0 Å². The van der Waals surface area contributed by atoms with Crippen LogP contribution in [0.4, 0.5) is 5.69 Å². The van der Waals surface area contributed by atoms with E-state index in [1.54, 1.807) is 30.3 Å². The molecule has 0 aliphatic rings. The summed E-state index contributed by atoms with van der Waals surface area (Å²) in [4.78, 5) is 12.0. The van der Waals surface area contributed by atoms with Gasteiger partial charge in [0, 0.05) is 16.8 Å². The fourth-order valence-electron chi connectivity index (χ4n) is 2.01. The van der Waals surface area contributed by atoms with E-state index in [2.05, 4.69) is 19.2 Å². The number of hydrogen-bond donors (Lipinski definition) is 1. The summed E-state index contributed by atoms with van der Waals surface area (Å²) in [5, 5.41) is 3.64. The molecule has 6 heteroatoms. The number of benzene rings is 2. The van der Waals surface area contributed by atoms with Crippen molar-refractivity contribution in [2.24, 2.45) is 5.92 Å². The van der Waals surface area contributed by atoms with Crippen LogP contribution in [-0.2, 0) is 4.79 Å². The molecule has 2 rings (SSSR count). The smallest absolute Gasteiger partial charge is 0.262 e. The molecule has 0 radical (unpaired) electrons. The maximum absolute atomic E-state index is 12.0. The summed E-state index contributed by atoms with van der Waals surface area (Å²) in [5.74, 6) is 1.43. The number of nitrogens with one attached hydrogen (secondary N) is 1. The number of halogens is 2. The van der Waals surface area contributed by atoms with Crippen LogP contribution in [-0.4, -0.2) is 19.1 Å². The van der Waals surface area contributed by atoms with Gasteiger partial charge in [0.05, 0.1) is 11.6 Å². The van der Waals surface area contributed by atoms with E-state index in [-0.39, 0.29) is 12.5 Å². The number of rotatable bonds is 8. The third-order valence-electron chi connectivity index (χ3n) is 3.33. The first-order chi connectivity index (χ1) is 11.9. The number of hydrogen-bond acceptors (Lipinski definition) is 3. The number of amides is 1. The van der Waals surface area contributed by atoms with Gasteiger partial charge in [0.25, 0.3) is 5.91 Å². The van der Waals surface area contributed by atoms with Crippen LogP contribution in [0.3, 0.4) is 0 Å². The molecule has 0 aliphatic heterocycles. The van der Waals surface area contributed by atoms with Crippen molar-refractivity contribution in [3.63, 3.8) is 0 Å². The number of carbonyl (C=O) groups excluding carboxylic acids is 1. The Bertz CT molecular complexity index is 720. The average molecular weight is 382 g/mol. The van der Waals surface area contributed by atoms with Gasteiger partial charge < -0.3 is 14.8 Å². The number of ether oxygens (including phenoxy) is 2. The first kappa shape index (κ1) is 19.4. The highest BCUT2D eigenvalue weighted by molar-refractivity contribution is 6.35. The molecular formula is C19H21Cl2NO3.